The van der Waals surface area contributed by atoms with Gasteiger partial charge in [0.2, 0.25) is 0 Å². The summed E-state index contributed by atoms with van der Waals surface area (Å²) >= 11 is 0. The Kier molecular flexibility index (Phi) is 8.08. The lowest BCUT2D eigenvalue weighted by Gasteiger charge is -2.21. The number of nitrogens with one attached hydrogen (secondary N) is 2. The Morgan fingerprint density at radius 1 is 1.08 bits per heavy atom. The number of hydrogen-bond donors (Lipinski definition) is 2. The number of anilines is 1. The topological polar surface area (TPSA) is 78.5 Å². The van der Waals surface area contributed by atoms with Crippen LogP contribution in [0.15, 0.2) is 59.5 Å². The molecule has 0 aliphatic carbocycles. The van der Waals surface area contributed by atoms with E-state index in [1.54, 1.807) is 43.4 Å². The molecule has 2 rings (SSSR count). The van der Waals surface area contributed by atoms with Crippen LogP contribution in [-0.2, 0) is 10.0 Å². The molecular formula is C18H24ClN3O3S. The molecule has 0 aliphatic heterocycles. The van der Waals surface area contributed by atoms with Crippen molar-refractivity contribution >= 4 is 34.0 Å². The smallest absolute Gasteiger partial charge is 0.264 e. The van der Waals surface area contributed by atoms with E-state index in [2.05, 4.69) is 10.6 Å². The average molecular weight is 398 g/mol. The molecule has 2 N–H and O–H groups in total. The number of carbonyl (C=O) groups excluding carboxylic acids is 1. The van der Waals surface area contributed by atoms with Gasteiger partial charge in [-0.2, -0.15) is 0 Å². The van der Waals surface area contributed by atoms with Gasteiger partial charge in [0.25, 0.3) is 15.9 Å². The van der Waals surface area contributed by atoms with E-state index < -0.39 is 15.9 Å². The van der Waals surface area contributed by atoms with Crippen molar-refractivity contribution in [2.75, 3.05) is 24.9 Å². The minimum Gasteiger partial charge on any atom is -0.350 e. The summed E-state index contributed by atoms with van der Waals surface area (Å²) < 4.78 is 27.1. The molecular weight excluding hydrogens is 374 g/mol. The van der Waals surface area contributed by atoms with Crippen molar-refractivity contribution in [2.45, 2.75) is 17.9 Å². The molecule has 0 aromatic heterocycles. The first-order valence-electron chi connectivity index (χ1n) is 7.96. The molecule has 0 bridgehead atoms. The number of hydrogen-bond acceptors (Lipinski definition) is 4. The molecule has 1 amide bonds. The lowest BCUT2D eigenvalue weighted by Crippen LogP contribution is -2.38. The van der Waals surface area contributed by atoms with Crippen LogP contribution in [0.5, 0.6) is 0 Å². The van der Waals surface area contributed by atoms with Crippen molar-refractivity contribution in [3.63, 3.8) is 0 Å². The SMILES string of the molecule is CNC(C)CNC(=O)c1ccccc1S(=O)(=O)N(C)c1ccccc1.Cl. The molecule has 0 spiro atoms. The van der Waals surface area contributed by atoms with Gasteiger partial charge in [0.05, 0.1) is 11.3 Å². The first-order chi connectivity index (χ1) is 11.9. The molecule has 1 unspecified atom stereocenters. The molecule has 0 radical (unpaired) electrons. The van der Waals surface area contributed by atoms with Crippen molar-refractivity contribution in [1.82, 2.24) is 10.6 Å². The molecule has 0 aliphatic rings. The number of para-hydroxylation sites is 1. The lowest BCUT2D eigenvalue weighted by molar-refractivity contribution is 0.0947. The molecule has 0 fully saturated rings. The number of carbonyl (C=O) groups is 1. The van der Waals surface area contributed by atoms with Gasteiger partial charge >= 0.3 is 0 Å². The Bertz CT molecular complexity index is 829. The largest absolute Gasteiger partial charge is 0.350 e. The fourth-order valence-electron chi connectivity index (χ4n) is 2.25. The van der Waals surface area contributed by atoms with Crippen molar-refractivity contribution in [1.29, 1.82) is 0 Å². The first-order valence-corrected chi connectivity index (χ1v) is 9.40. The molecule has 2 aromatic carbocycles. The molecule has 142 valence electrons. The minimum atomic E-state index is -3.85. The summed E-state index contributed by atoms with van der Waals surface area (Å²) in [6.45, 7) is 2.32. The Hall–Kier alpha value is -2.09. The number of nitrogens with zero attached hydrogens (tertiary/aromatic N) is 1. The minimum absolute atomic E-state index is 0. The van der Waals surface area contributed by atoms with E-state index in [-0.39, 0.29) is 28.9 Å². The third kappa shape index (κ3) is 4.97. The molecule has 0 saturated carbocycles. The Morgan fingerprint density at radius 3 is 2.27 bits per heavy atom. The number of likely N-dealkylation sites (N-methyl/N-ethyl adjacent to an activating group) is 1. The molecule has 1 atom stereocenters. The van der Waals surface area contributed by atoms with Crippen molar-refractivity contribution in [3.8, 4) is 0 Å². The zero-order valence-corrected chi connectivity index (χ0v) is 16.6. The van der Waals surface area contributed by atoms with E-state index in [0.29, 0.717) is 12.2 Å². The zero-order valence-electron chi connectivity index (χ0n) is 15.0. The standard InChI is InChI=1S/C18H23N3O3S.ClH/c1-14(19-2)13-20-18(22)16-11-7-8-12-17(16)25(23,24)21(3)15-9-5-4-6-10-15;/h4-12,14,19H,13H2,1-3H3,(H,20,22);1H. The van der Waals surface area contributed by atoms with Crippen LogP contribution in [-0.4, -0.2) is 41.0 Å². The van der Waals surface area contributed by atoms with Gasteiger partial charge in [0.1, 0.15) is 4.90 Å². The molecule has 26 heavy (non-hydrogen) atoms. The van der Waals surface area contributed by atoms with Crippen LogP contribution in [0.25, 0.3) is 0 Å². The fraction of sp³-hybridized carbons (Fsp3) is 0.278. The van der Waals surface area contributed by atoms with Crippen LogP contribution >= 0.6 is 12.4 Å². The average Bonchev–Trinajstić information content (AvgIpc) is 2.65. The summed E-state index contributed by atoms with van der Waals surface area (Å²) in [5.41, 5.74) is 0.662. The zero-order chi connectivity index (χ0) is 18.4. The second kappa shape index (κ2) is 9.56. The first kappa shape index (κ1) is 22.0. The predicted octanol–water partition coefficient (Wildman–Crippen LogP) is 2.27. The quantitative estimate of drug-likeness (QED) is 0.751. The summed E-state index contributed by atoms with van der Waals surface area (Å²) in [4.78, 5) is 12.5. The number of sulfonamides is 1. The van der Waals surface area contributed by atoms with Gasteiger partial charge in [-0.15, -0.1) is 12.4 Å². The highest BCUT2D eigenvalue weighted by molar-refractivity contribution is 7.92. The third-order valence-corrected chi connectivity index (χ3v) is 5.80. The maximum Gasteiger partial charge on any atom is 0.264 e. The third-order valence-electron chi connectivity index (χ3n) is 3.95. The van der Waals surface area contributed by atoms with E-state index in [4.69, 9.17) is 0 Å². The Labute approximate surface area is 161 Å². The van der Waals surface area contributed by atoms with Crippen LogP contribution in [0.1, 0.15) is 17.3 Å². The number of benzene rings is 2. The summed E-state index contributed by atoms with van der Waals surface area (Å²) in [5, 5.41) is 5.77. The van der Waals surface area contributed by atoms with Gasteiger partial charge in [-0.3, -0.25) is 9.10 Å². The van der Waals surface area contributed by atoms with Gasteiger partial charge in [0.15, 0.2) is 0 Å². The molecule has 2 aromatic rings. The summed E-state index contributed by atoms with van der Waals surface area (Å²) in [5.74, 6) is -0.414. The lowest BCUT2D eigenvalue weighted by atomic mass is 10.2. The number of halogens is 1. The van der Waals surface area contributed by atoms with Crippen molar-refractivity contribution in [2.24, 2.45) is 0 Å². The van der Waals surface area contributed by atoms with Crippen molar-refractivity contribution < 1.29 is 13.2 Å². The van der Waals surface area contributed by atoms with Crippen LogP contribution in [0, 0.1) is 0 Å². The maximum atomic E-state index is 13.0. The van der Waals surface area contributed by atoms with Crippen molar-refractivity contribution in [3.05, 3.63) is 60.2 Å². The van der Waals surface area contributed by atoms with Crippen LogP contribution < -0.4 is 14.9 Å². The highest BCUT2D eigenvalue weighted by Crippen LogP contribution is 2.24. The number of amides is 1. The highest BCUT2D eigenvalue weighted by atomic mass is 35.5. The molecule has 0 saturated heterocycles. The van der Waals surface area contributed by atoms with Gasteiger partial charge < -0.3 is 10.6 Å². The van der Waals surface area contributed by atoms with E-state index >= 15 is 0 Å². The van der Waals surface area contributed by atoms with Crippen LogP contribution in [0.2, 0.25) is 0 Å². The van der Waals surface area contributed by atoms with Gasteiger partial charge in [-0.1, -0.05) is 30.3 Å². The Morgan fingerprint density at radius 2 is 1.65 bits per heavy atom. The number of rotatable bonds is 7. The molecule has 6 nitrogen and oxygen atoms in total. The molecule has 8 heteroatoms. The maximum absolute atomic E-state index is 13.0. The second-order valence-corrected chi connectivity index (χ2v) is 7.64. The van der Waals surface area contributed by atoms with E-state index in [1.807, 2.05) is 13.0 Å². The van der Waals surface area contributed by atoms with Gasteiger partial charge in [-0.05, 0) is 38.2 Å². The second-order valence-electron chi connectivity index (χ2n) is 5.70. The van der Waals surface area contributed by atoms with Gasteiger partial charge in [0, 0.05) is 19.6 Å². The van der Waals surface area contributed by atoms with Crippen LogP contribution in [0.4, 0.5) is 5.69 Å². The predicted molar refractivity (Wildman–Crippen MR) is 107 cm³/mol. The van der Waals surface area contributed by atoms with E-state index in [1.165, 1.54) is 23.5 Å². The normalized spacial score (nSPS) is 12.0. The fourth-order valence-corrected chi connectivity index (χ4v) is 3.63. The highest BCUT2D eigenvalue weighted by Gasteiger charge is 2.26. The Balaban J connectivity index is 0.00000338. The summed E-state index contributed by atoms with van der Waals surface area (Å²) in [6.07, 6.45) is 0. The van der Waals surface area contributed by atoms with Crippen LogP contribution in [0.3, 0.4) is 0 Å². The van der Waals surface area contributed by atoms with Gasteiger partial charge in [-0.25, -0.2) is 8.42 Å². The van der Waals surface area contributed by atoms with E-state index in [0.717, 1.165) is 0 Å². The monoisotopic (exact) mass is 397 g/mol. The summed E-state index contributed by atoms with van der Waals surface area (Å²) in [6, 6.07) is 15.1. The molecule has 0 heterocycles. The van der Waals surface area contributed by atoms with E-state index in [9.17, 15) is 13.2 Å². The summed E-state index contributed by atoms with van der Waals surface area (Å²) in [7, 11) is -0.585.